The summed E-state index contributed by atoms with van der Waals surface area (Å²) in [5.41, 5.74) is 1.44. The number of methoxy groups -OCH3 is 1. The van der Waals surface area contributed by atoms with Gasteiger partial charge >= 0.3 is 0 Å². The molecule has 0 aliphatic carbocycles. The van der Waals surface area contributed by atoms with Crippen molar-refractivity contribution in [3.63, 3.8) is 0 Å². The Morgan fingerprint density at radius 1 is 1.33 bits per heavy atom. The van der Waals surface area contributed by atoms with Gasteiger partial charge in [0.1, 0.15) is 0 Å². The molecule has 1 aliphatic rings. The van der Waals surface area contributed by atoms with Crippen molar-refractivity contribution < 1.29 is 46.2 Å². The van der Waals surface area contributed by atoms with Gasteiger partial charge in [0.2, 0.25) is 0 Å². The average molecular weight is 386 g/mol. The van der Waals surface area contributed by atoms with E-state index in [1.165, 1.54) is 25.3 Å². The van der Waals surface area contributed by atoms with Gasteiger partial charge in [0.25, 0.3) is 0 Å². The van der Waals surface area contributed by atoms with E-state index in [0.29, 0.717) is 28.5 Å². The van der Waals surface area contributed by atoms with Gasteiger partial charge in [-0.15, -0.1) is 0 Å². The van der Waals surface area contributed by atoms with Crippen LogP contribution in [0.1, 0.15) is 12.5 Å². The largest absolute Gasteiger partial charge is 0.491 e. The molecule has 0 unspecified atom stereocenters. The Morgan fingerprint density at radius 2 is 1.90 bits per heavy atom. The van der Waals surface area contributed by atoms with Gasteiger partial charge in [-0.25, -0.2) is 8.78 Å². The zero-order valence-corrected chi connectivity index (χ0v) is 15.3. The summed E-state index contributed by atoms with van der Waals surface area (Å²) in [6.07, 6.45) is 4.46. The molecular formula is C15H13ClF2NOY-. The fourth-order valence-electron chi connectivity index (χ4n) is 2.04. The van der Waals surface area contributed by atoms with Crippen LogP contribution in [0.5, 0.6) is 5.75 Å². The van der Waals surface area contributed by atoms with Gasteiger partial charge in [-0.05, 0) is 17.7 Å². The molecule has 0 amide bonds. The summed E-state index contributed by atoms with van der Waals surface area (Å²) in [5.74, 6) is -1.93. The first-order chi connectivity index (χ1) is 9.49. The normalized spacial score (nSPS) is 14.3. The molecule has 0 saturated heterocycles. The molecule has 0 saturated carbocycles. The van der Waals surface area contributed by atoms with E-state index in [-0.39, 0.29) is 32.7 Å². The van der Waals surface area contributed by atoms with Crippen molar-refractivity contribution in [1.29, 1.82) is 0 Å². The molecule has 2 nitrogen and oxygen atoms in total. The summed E-state index contributed by atoms with van der Waals surface area (Å²) in [4.78, 5) is 1.74. The molecule has 0 bridgehead atoms. The van der Waals surface area contributed by atoms with Crippen LogP contribution < -0.4 is 4.74 Å². The Labute approximate surface area is 153 Å². The van der Waals surface area contributed by atoms with Crippen LogP contribution in [0.4, 0.5) is 8.78 Å². The molecule has 0 N–H and O–H groups in total. The third kappa shape index (κ3) is 3.55. The number of likely N-dealkylation sites (N-methyl/N-ethyl adjacent to an activating group) is 1. The van der Waals surface area contributed by atoms with Crippen LogP contribution in [0, 0.1) is 17.7 Å². The molecule has 0 spiro atoms. The number of hydrogen-bond donors (Lipinski definition) is 0. The summed E-state index contributed by atoms with van der Waals surface area (Å²) < 4.78 is 32.2. The molecule has 1 aliphatic heterocycles. The van der Waals surface area contributed by atoms with E-state index >= 15 is 0 Å². The minimum atomic E-state index is -0.765. The van der Waals surface area contributed by atoms with Crippen molar-refractivity contribution >= 4 is 17.3 Å². The van der Waals surface area contributed by atoms with Crippen molar-refractivity contribution in [2.24, 2.45) is 0 Å². The first-order valence-corrected chi connectivity index (χ1v) is 6.36. The number of halogens is 3. The van der Waals surface area contributed by atoms with E-state index in [9.17, 15) is 8.78 Å². The Hall–Kier alpha value is -0.706. The molecule has 1 radical (unpaired) electrons. The second-order valence-corrected chi connectivity index (χ2v) is 4.56. The number of hydrogen-bond acceptors (Lipinski definition) is 2. The van der Waals surface area contributed by atoms with Crippen molar-refractivity contribution in [3.8, 4) is 5.75 Å². The molecule has 2 rings (SSSR count). The monoisotopic (exact) mass is 385 g/mol. The van der Waals surface area contributed by atoms with Crippen LogP contribution >= 0.6 is 11.6 Å². The maximum absolute atomic E-state index is 13.8. The second kappa shape index (κ2) is 7.52. The second-order valence-electron chi connectivity index (χ2n) is 4.15. The SMILES string of the molecule is C=C1C(Cl)=C[C-]=C(c2cc(F)c(OC)c(F)c2)N1CC.[Y]. The van der Waals surface area contributed by atoms with Gasteiger partial charge in [-0.3, -0.25) is 0 Å². The molecule has 1 heterocycles. The van der Waals surface area contributed by atoms with Gasteiger partial charge in [0, 0.05) is 39.3 Å². The average Bonchev–Trinajstić information content (AvgIpc) is 2.41. The van der Waals surface area contributed by atoms with E-state index in [1.807, 2.05) is 6.92 Å². The molecule has 21 heavy (non-hydrogen) atoms. The number of allylic oxidation sites excluding steroid dienone is 3. The summed E-state index contributed by atoms with van der Waals surface area (Å²) in [6, 6.07) is 2.40. The number of rotatable bonds is 3. The first-order valence-electron chi connectivity index (χ1n) is 5.99. The van der Waals surface area contributed by atoms with Gasteiger partial charge in [0.05, 0.1) is 7.11 Å². The Balaban J connectivity index is 0.00000220. The van der Waals surface area contributed by atoms with E-state index in [2.05, 4.69) is 17.4 Å². The zero-order valence-electron chi connectivity index (χ0n) is 11.7. The van der Waals surface area contributed by atoms with Crippen LogP contribution in [0.2, 0.25) is 0 Å². The predicted molar refractivity (Wildman–Crippen MR) is 75.0 cm³/mol. The Kier molecular flexibility index (Phi) is 6.57. The van der Waals surface area contributed by atoms with Crippen LogP contribution in [-0.4, -0.2) is 18.6 Å². The van der Waals surface area contributed by atoms with Crippen molar-refractivity contribution in [2.75, 3.05) is 13.7 Å². The fraction of sp³-hybridized carbons (Fsp3) is 0.200. The summed E-state index contributed by atoms with van der Waals surface area (Å²) >= 11 is 5.98. The zero-order chi connectivity index (χ0) is 14.9. The molecule has 6 heteroatoms. The van der Waals surface area contributed by atoms with Gasteiger partial charge < -0.3 is 9.64 Å². The van der Waals surface area contributed by atoms with E-state index in [1.54, 1.807) is 4.90 Å². The number of nitrogens with zero attached hydrogens (tertiary/aromatic N) is 1. The van der Waals surface area contributed by atoms with Gasteiger partial charge in [-0.1, -0.05) is 30.0 Å². The van der Waals surface area contributed by atoms with Crippen LogP contribution in [0.25, 0.3) is 5.70 Å². The Bertz CT molecular complexity index is 605. The van der Waals surface area contributed by atoms with Gasteiger partial charge in [0.15, 0.2) is 17.4 Å². The first kappa shape index (κ1) is 18.3. The molecule has 1 aromatic carbocycles. The van der Waals surface area contributed by atoms with E-state index in [0.717, 1.165) is 0 Å². The predicted octanol–water partition coefficient (Wildman–Crippen LogP) is 4.09. The molecule has 0 aromatic heterocycles. The number of benzene rings is 1. The summed E-state index contributed by atoms with van der Waals surface area (Å²) in [5, 5.41) is 0.449. The smallest absolute Gasteiger partial charge is 0.188 e. The van der Waals surface area contributed by atoms with E-state index in [4.69, 9.17) is 11.6 Å². The van der Waals surface area contributed by atoms with Crippen LogP contribution in [0.3, 0.4) is 0 Å². The summed E-state index contributed by atoms with van der Waals surface area (Å²) in [7, 11) is 1.22. The summed E-state index contributed by atoms with van der Waals surface area (Å²) in [6.45, 7) is 6.30. The molecule has 1 aromatic rings. The fourth-order valence-corrected chi connectivity index (χ4v) is 2.19. The minimum Gasteiger partial charge on any atom is -0.491 e. The number of ether oxygens (including phenoxy) is 1. The van der Waals surface area contributed by atoms with Crippen molar-refractivity contribution in [3.05, 3.63) is 58.8 Å². The third-order valence-electron chi connectivity index (χ3n) is 3.00. The third-order valence-corrected chi connectivity index (χ3v) is 3.33. The van der Waals surface area contributed by atoms with Gasteiger partial charge in [-0.2, -0.15) is 23.8 Å². The Morgan fingerprint density at radius 3 is 2.38 bits per heavy atom. The van der Waals surface area contributed by atoms with Crippen molar-refractivity contribution in [2.45, 2.75) is 6.92 Å². The van der Waals surface area contributed by atoms with E-state index < -0.39 is 17.4 Å². The van der Waals surface area contributed by atoms with Crippen LogP contribution in [0.15, 0.2) is 35.5 Å². The molecule has 0 atom stereocenters. The maximum atomic E-state index is 13.8. The molecule has 109 valence electrons. The standard InChI is InChI=1S/C15H13ClF2NO.Y/c1-4-19-9(2)11(16)5-6-14(19)10-7-12(17)15(20-3)13(18)8-10;/h5,7-8H,2,4H2,1,3H3;/q-1;. The minimum absolute atomic E-state index is 0. The topological polar surface area (TPSA) is 12.5 Å². The van der Waals surface area contributed by atoms with Crippen LogP contribution in [-0.2, 0) is 32.7 Å². The molecular weight excluding hydrogens is 373 g/mol. The quantitative estimate of drug-likeness (QED) is 0.727. The molecule has 0 fully saturated rings. The maximum Gasteiger partial charge on any atom is 0.188 e. The van der Waals surface area contributed by atoms with Crippen molar-refractivity contribution in [1.82, 2.24) is 4.90 Å².